The quantitative estimate of drug-likeness (QED) is 0.663. The van der Waals surface area contributed by atoms with Gasteiger partial charge in [-0.3, -0.25) is 19.6 Å². The smallest absolute Gasteiger partial charge is 0.319 e. The minimum absolute atomic E-state index is 0.143. The highest BCUT2D eigenvalue weighted by atomic mass is 16.8. The average molecular weight is 398 g/mol. The van der Waals surface area contributed by atoms with Crippen molar-refractivity contribution in [1.82, 2.24) is 19.6 Å². The molecule has 4 aliphatic rings. The third-order valence-electron chi connectivity index (χ3n) is 5.54. The van der Waals surface area contributed by atoms with E-state index in [4.69, 9.17) is 18.9 Å². The summed E-state index contributed by atoms with van der Waals surface area (Å²) >= 11 is 0. The Labute approximate surface area is 165 Å². The minimum Gasteiger partial charge on any atom is -0.319 e. The molecule has 0 aromatic rings. The monoisotopic (exact) mass is 398 g/mol. The van der Waals surface area contributed by atoms with Gasteiger partial charge in [0.05, 0.1) is 0 Å². The summed E-state index contributed by atoms with van der Waals surface area (Å²) in [7, 11) is 3.38. The van der Waals surface area contributed by atoms with E-state index in [9.17, 15) is 9.59 Å². The van der Waals surface area contributed by atoms with E-state index < -0.39 is 48.6 Å². The number of ether oxygens (including phenoxy) is 4. The molecule has 0 aromatic carbocycles. The summed E-state index contributed by atoms with van der Waals surface area (Å²) in [5.41, 5.74) is -0.848. The van der Waals surface area contributed by atoms with Gasteiger partial charge in [-0.2, -0.15) is 0 Å². The Morgan fingerprint density at radius 1 is 0.607 bits per heavy atom. The molecule has 10 nitrogen and oxygen atoms in total. The molecule has 158 valence electrons. The number of carbonyl (C=O) groups is 2. The van der Waals surface area contributed by atoms with Crippen LogP contribution in [-0.4, -0.2) is 94.3 Å². The second-order valence-electron chi connectivity index (χ2n) is 9.71. The van der Waals surface area contributed by atoms with Crippen LogP contribution < -0.4 is 0 Å². The lowest BCUT2D eigenvalue weighted by atomic mass is 10.1. The first-order valence-electron chi connectivity index (χ1n) is 9.56. The van der Waals surface area contributed by atoms with Crippen LogP contribution in [-0.2, 0) is 18.9 Å². The van der Waals surface area contributed by atoms with Crippen molar-refractivity contribution in [3.63, 3.8) is 0 Å². The van der Waals surface area contributed by atoms with Crippen molar-refractivity contribution in [3.05, 3.63) is 0 Å². The number of fused-ring (bicyclic) bond motifs is 2. The van der Waals surface area contributed by atoms with Gasteiger partial charge in [0.1, 0.15) is 0 Å². The van der Waals surface area contributed by atoms with Crippen LogP contribution in [0.2, 0.25) is 0 Å². The summed E-state index contributed by atoms with van der Waals surface area (Å²) in [6.07, 6.45) is -3.77. The van der Waals surface area contributed by atoms with Crippen LogP contribution >= 0.6 is 0 Å². The molecule has 0 spiro atoms. The van der Waals surface area contributed by atoms with E-state index in [1.54, 1.807) is 23.9 Å². The van der Waals surface area contributed by atoms with Crippen molar-refractivity contribution in [3.8, 4) is 0 Å². The lowest BCUT2D eigenvalue weighted by molar-refractivity contribution is -0.245. The van der Waals surface area contributed by atoms with Gasteiger partial charge >= 0.3 is 12.1 Å². The van der Waals surface area contributed by atoms with Gasteiger partial charge in [0, 0.05) is 25.2 Å². The Morgan fingerprint density at radius 2 is 0.893 bits per heavy atom. The molecule has 0 N–H and O–H groups in total. The molecule has 4 heterocycles. The van der Waals surface area contributed by atoms with E-state index in [1.165, 1.54) is 9.80 Å². The number of hydrogen-bond acceptors (Lipinski definition) is 6. The minimum atomic E-state index is -0.800. The zero-order valence-corrected chi connectivity index (χ0v) is 17.7. The normalized spacial score (nSPS) is 38.7. The van der Waals surface area contributed by atoms with E-state index in [1.807, 2.05) is 41.5 Å². The molecule has 0 unspecified atom stereocenters. The van der Waals surface area contributed by atoms with Gasteiger partial charge < -0.3 is 18.9 Å². The van der Waals surface area contributed by atoms with E-state index >= 15 is 0 Å². The van der Waals surface area contributed by atoms with Crippen LogP contribution in [0.25, 0.3) is 0 Å². The van der Waals surface area contributed by atoms with Crippen LogP contribution in [0.3, 0.4) is 0 Å². The van der Waals surface area contributed by atoms with Gasteiger partial charge in [-0.15, -0.1) is 0 Å². The van der Waals surface area contributed by atoms with E-state index in [0.29, 0.717) is 0 Å². The fraction of sp³-hybridized carbons (Fsp3) is 0.889. The molecule has 0 saturated carbocycles. The lowest BCUT2D eigenvalue weighted by Gasteiger charge is -2.36. The van der Waals surface area contributed by atoms with Crippen LogP contribution in [0, 0.1) is 0 Å². The van der Waals surface area contributed by atoms with Crippen LogP contribution in [0.5, 0.6) is 0 Å². The van der Waals surface area contributed by atoms with Gasteiger partial charge in [-0.25, -0.2) is 9.59 Å². The van der Waals surface area contributed by atoms with Gasteiger partial charge in [0.2, 0.25) is 12.6 Å². The Kier molecular flexibility index (Phi) is 4.18. The van der Waals surface area contributed by atoms with Crippen molar-refractivity contribution in [2.75, 3.05) is 14.1 Å². The number of hydrogen-bond donors (Lipinski definition) is 0. The van der Waals surface area contributed by atoms with E-state index in [-0.39, 0.29) is 12.1 Å². The number of urea groups is 2. The predicted molar refractivity (Wildman–Crippen MR) is 96.6 cm³/mol. The highest BCUT2D eigenvalue weighted by Gasteiger charge is 2.61. The maximum Gasteiger partial charge on any atom is 0.324 e. The summed E-state index contributed by atoms with van der Waals surface area (Å²) in [5, 5.41) is 0. The maximum absolute atomic E-state index is 12.6. The number of rotatable bonds is 1. The standard InChI is InChI=1S/C18H30N4O6/c1-17(2,3)21-11-9(19(7)15(21)23)25-13(27-11)14-26-10-12(28-14)22(18(4,5)6)16(24)20(10)8/h9-14H,1-8H3/t9-,10-,11-,12-,13-,14-/m1/s1. The number of nitrogens with zero attached hydrogens (tertiary/aromatic N) is 4. The molecule has 4 saturated heterocycles. The van der Waals surface area contributed by atoms with E-state index in [2.05, 4.69) is 0 Å². The third-order valence-corrected chi connectivity index (χ3v) is 5.54. The summed E-state index contributed by atoms with van der Waals surface area (Å²) < 4.78 is 24.1. The summed E-state index contributed by atoms with van der Waals surface area (Å²) in [6, 6.07) is -0.286. The molecule has 0 aliphatic carbocycles. The van der Waals surface area contributed by atoms with E-state index in [0.717, 1.165) is 0 Å². The molecule has 0 aromatic heterocycles. The number of likely N-dealkylation sites (N-methyl/N-ethyl adjacent to an activating group) is 2. The fourth-order valence-electron chi connectivity index (χ4n) is 4.19. The molecule has 4 amide bonds. The first-order valence-corrected chi connectivity index (χ1v) is 9.56. The second-order valence-corrected chi connectivity index (χ2v) is 9.71. The highest BCUT2D eigenvalue weighted by molar-refractivity contribution is 5.78. The van der Waals surface area contributed by atoms with Gasteiger partial charge in [0.15, 0.2) is 24.9 Å². The van der Waals surface area contributed by atoms with Crippen molar-refractivity contribution in [2.24, 2.45) is 0 Å². The molecule has 28 heavy (non-hydrogen) atoms. The molecule has 4 aliphatic heterocycles. The zero-order valence-electron chi connectivity index (χ0n) is 17.7. The SMILES string of the molecule is CN1C(=O)N(C(C)(C)C)[C@@H]2O[C@H]([C@@H]3O[C@@H]4[C@@H](O3)N(C(C)(C)C)C(=O)N4C)O[C@H]21. The van der Waals surface area contributed by atoms with Crippen molar-refractivity contribution in [1.29, 1.82) is 0 Å². The summed E-state index contributed by atoms with van der Waals surface area (Å²) in [5.74, 6) is 0. The zero-order chi connectivity index (χ0) is 20.8. The largest absolute Gasteiger partial charge is 0.324 e. The topological polar surface area (TPSA) is 84.0 Å². The summed E-state index contributed by atoms with van der Waals surface area (Å²) in [6.45, 7) is 11.7. The van der Waals surface area contributed by atoms with Crippen LogP contribution in [0.15, 0.2) is 0 Å². The van der Waals surface area contributed by atoms with Crippen LogP contribution in [0.1, 0.15) is 41.5 Å². The molecule has 4 fully saturated rings. The molecule has 4 rings (SSSR count). The molecule has 0 radical (unpaired) electrons. The Hall–Kier alpha value is -1.62. The van der Waals surface area contributed by atoms with Crippen molar-refractivity contribution >= 4 is 12.1 Å². The lowest BCUT2D eigenvalue weighted by Crippen LogP contribution is -2.50. The van der Waals surface area contributed by atoms with Gasteiger partial charge in [-0.1, -0.05) is 0 Å². The van der Waals surface area contributed by atoms with Gasteiger partial charge in [-0.05, 0) is 41.5 Å². The average Bonchev–Trinajstić information content (AvgIpc) is 3.24. The summed E-state index contributed by atoms with van der Waals surface area (Å²) in [4.78, 5) is 31.5. The molecule has 6 atom stereocenters. The van der Waals surface area contributed by atoms with Crippen molar-refractivity contribution < 1.29 is 28.5 Å². The predicted octanol–water partition coefficient (Wildman–Crippen LogP) is 1.37. The molecular weight excluding hydrogens is 368 g/mol. The first kappa shape index (κ1) is 19.7. The first-order chi connectivity index (χ1) is 12.8. The number of carbonyl (C=O) groups excluding carboxylic acids is 2. The fourth-order valence-corrected chi connectivity index (χ4v) is 4.19. The molecule has 0 bridgehead atoms. The Morgan fingerprint density at radius 3 is 1.18 bits per heavy atom. The third kappa shape index (κ3) is 2.69. The molecule has 10 heteroatoms. The second kappa shape index (κ2) is 5.94. The highest BCUT2D eigenvalue weighted by Crippen LogP contribution is 2.42. The van der Waals surface area contributed by atoms with Crippen molar-refractivity contribution in [2.45, 2.75) is 90.1 Å². The number of amides is 4. The maximum atomic E-state index is 12.6. The van der Waals surface area contributed by atoms with Gasteiger partial charge in [0.25, 0.3) is 0 Å². The molecular formula is C18H30N4O6. The Bertz CT molecular complexity index is 631. The Balaban J connectivity index is 1.51. The van der Waals surface area contributed by atoms with Crippen LogP contribution in [0.4, 0.5) is 9.59 Å².